The van der Waals surface area contributed by atoms with Gasteiger partial charge in [-0.3, -0.25) is 14.8 Å². The van der Waals surface area contributed by atoms with Crippen LogP contribution >= 0.6 is 0 Å². The highest BCUT2D eigenvalue weighted by molar-refractivity contribution is 6.03. The number of aryl methyl sites for hydroxylation is 2. The number of allylic oxidation sites excluding steroid dienone is 1. The molecule has 1 heterocycles. The van der Waals surface area contributed by atoms with E-state index in [1.807, 2.05) is 32.0 Å². The van der Waals surface area contributed by atoms with Crippen LogP contribution in [0.25, 0.3) is 0 Å². The molecule has 1 aromatic heterocycles. The lowest BCUT2D eigenvalue weighted by Crippen LogP contribution is -2.18. The van der Waals surface area contributed by atoms with E-state index in [1.165, 1.54) is 11.6 Å². The molecule has 24 heavy (non-hydrogen) atoms. The Balaban J connectivity index is 2.25. The molecule has 0 aliphatic rings. The van der Waals surface area contributed by atoms with Crippen molar-refractivity contribution in [2.75, 3.05) is 5.32 Å². The van der Waals surface area contributed by atoms with E-state index in [2.05, 4.69) is 26.3 Å². The Labute approximate surface area is 141 Å². The Morgan fingerprint density at radius 3 is 2.88 bits per heavy atom. The minimum Gasteiger partial charge on any atom is -0.402 e. The zero-order valence-corrected chi connectivity index (χ0v) is 14.3. The van der Waals surface area contributed by atoms with Gasteiger partial charge in [0.05, 0.1) is 6.54 Å². The smallest absolute Gasteiger partial charge is 0.252 e. The summed E-state index contributed by atoms with van der Waals surface area (Å²) in [6, 6.07) is 9.63. The highest BCUT2D eigenvalue weighted by Crippen LogP contribution is 2.06. The number of nitrogens with two attached hydrogens (primary N) is 1. The third kappa shape index (κ3) is 5.39. The van der Waals surface area contributed by atoms with Gasteiger partial charge < -0.3 is 11.1 Å². The van der Waals surface area contributed by atoms with Gasteiger partial charge in [0, 0.05) is 17.5 Å². The van der Waals surface area contributed by atoms with Crippen molar-refractivity contribution in [1.82, 2.24) is 9.97 Å². The first-order valence-electron chi connectivity index (χ1n) is 7.87. The van der Waals surface area contributed by atoms with E-state index < -0.39 is 0 Å². The molecule has 6 heteroatoms. The molecule has 0 aliphatic carbocycles. The van der Waals surface area contributed by atoms with Crippen LogP contribution in [0.1, 0.15) is 30.7 Å². The molecule has 2 aromatic rings. The fourth-order valence-electron chi connectivity index (χ4n) is 2.19. The Morgan fingerprint density at radius 2 is 2.21 bits per heavy atom. The van der Waals surface area contributed by atoms with Gasteiger partial charge in [-0.15, -0.1) is 0 Å². The van der Waals surface area contributed by atoms with Crippen LogP contribution < -0.4 is 16.6 Å². The van der Waals surface area contributed by atoms with Gasteiger partial charge in [-0.2, -0.15) is 0 Å². The summed E-state index contributed by atoms with van der Waals surface area (Å²) in [7, 11) is 0. The molecule has 0 atom stereocenters. The summed E-state index contributed by atoms with van der Waals surface area (Å²) in [5.74, 6) is 0.910. The van der Waals surface area contributed by atoms with Crippen LogP contribution in [0, 0.1) is 6.92 Å². The largest absolute Gasteiger partial charge is 0.402 e. The summed E-state index contributed by atoms with van der Waals surface area (Å²) < 4.78 is 0. The van der Waals surface area contributed by atoms with Crippen LogP contribution in [0.5, 0.6) is 0 Å². The molecule has 0 saturated carbocycles. The normalized spacial score (nSPS) is 12.3. The van der Waals surface area contributed by atoms with Crippen LogP contribution in [0.4, 0.5) is 5.95 Å². The molecule has 6 nitrogen and oxygen atoms in total. The molecule has 0 amide bonds. The number of anilines is 1. The fourth-order valence-corrected chi connectivity index (χ4v) is 2.19. The summed E-state index contributed by atoms with van der Waals surface area (Å²) in [6.45, 7) is 6.28. The number of nitrogens with zero attached hydrogens (tertiary/aromatic N) is 2. The van der Waals surface area contributed by atoms with Gasteiger partial charge in [0.1, 0.15) is 5.84 Å². The van der Waals surface area contributed by atoms with Gasteiger partial charge in [-0.1, -0.05) is 36.8 Å². The monoisotopic (exact) mass is 325 g/mol. The van der Waals surface area contributed by atoms with Crippen molar-refractivity contribution >= 4 is 11.8 Å². The van der Waals surface area contributed by atoms with Gasteiger partial charge in [0.25, 0.3) is 5.56 Å². The third-order valence-electron chi connectivity index (χ3n) is 3.28. The molecule has 0 spiro atoms. The van der Waals surface area contributed by atoms with Crippen molar-refractivity contribution in [3.8, 4) is 0 Å². The number of aromatic amines is 1. The molecule has 1 aromatic carbocycles. The van der Waals surface area contributed by atoms with Crippen molar-refractivity contribution in [3.05, 3.63) is 69.3 Å². The lowest BCUT2D eigenvalue weighted by molar-refractivity contribution is 0.985. The van der Waals surface area contributed by atoms with Crippen molar-refractivity contribution in [1.29, 1.82) is 0 Å². The van der Waals surface area contributed by atoms with Crippen molar-refractivity contribution in [2.45, 2.75) is 33.7 Å². The first-order chi connectivity index (χ1) is 11.5. The first kappa shape index (κ1) is 17.5. The van der Waals surface area contributed by atoms with Gasteiger partial charge >= 0.3 is 0 Å². The van der Waals surface area contributed by atoms with E-state index in [0.717, 1.165) is 5.56 Å². The molecular weight excluding hydrogens is 302 g/mol. The second-order valence-electron chi connectivity index (χ2n) is 5.64. The van der Waals surface area contributed by atoms with Crippen LogP contribution in [-0.4, -0.2) is 15.8 Å². The predicted octanol–water partition coefficient (Wildman–Crippen LogP) is 2.51. The number of amidine groups is 1. The predicted molar refractivity (Wildman–Crippen MR) is 98.1 cm³/mol. The number of rotatable bonds is 5. The number of H-pyrrole nitrogens is 1. The second-order valence-corrected chi connectivity index (χ2v) is 5.64. The maximum Gasteiger partial charge on any atom is 0.252 e. The fraction of sp³-hybridized carbons (Fsp3) is 0.278. The van der Waals surface area contributed by atoms with E-state index in [1.54, 1.807) is 13.0 Å². The molecule has 4 N–H and O–H groups in total. The van der Waals surface area contributed by atoms with E-state index in [9.17, 15) is 4.79 Å². The average Bonchev–Trinajstić information content (AvgIpc) is 2.51. The maximum absolute atomic E-state index is 11.7. The van der Waals surface area contributed by atoms with E-state index in [-0.39, 0.29) is 5.56 Å². The van der Waals surface area contributed by atoms with Crippen LogP contribution in [0.3, 0.4) is 0 Å². The van der Waals surface area contributed by atoms with E-state index >= 15 is 0 Å². The summed E-state index contributed by atoms with van der Waals surface area (Å²) in [5, 5.41) is 3.04. The summed E-state index contributed by atoms with van der Waals surface area (Å²) in [6.07, 6.45) is 2.40. The van der Waals surface area contributed by atoms with E-state index in [4.69, 9.17) is 5.73 Å². The third-order valence-corrected chi connectivity index (χ3v) is 3.28. The van der Waals surface area contributed by atoms with Crippen LogP contribution in [-0.2, 0) is 13.0 Å². The molecule has 0 aliphatic heterocycles. The molecule has 0 radical (unpaired) electrons. The Hall–Kier alpha value is -2.89. The zero-order valence-electron chi connectivity index (χ0n) is 14.3. The second kappa shape index (κ2) is 8.10. The maximum atomic E-state index is 11.7. The highest BCUT2D eigenvalue weighted by atomic mass is 16.1. The molecule has 0 bridgehead atoms. The van der Waals surface area contributed by atoms with Crippen molar-refractivity contribution < 1.29 is 0 Å². The number of aromatic nitrogens is 2. The van der Waals surface area contributed by atoms with Gasteiger partial charge in [0.2, 0.25) is 5.95 Å². The Bertz CT molecular complexity index is 816. The highest BCUT2D eigenvalue weighted by Gasteiger charge is 2.03. The van der Waals surface area contributed by atoms with Crippen LogP contribution in [0.15, 0.2) is 51.9 Å². The lowest BCUT2D eigenvalue weighted by atomic mass is 10.1. The standard InChI is InChI=1S/C18H23N5O/c1-4-15-10-17(24)23-18(21-15)22-16(9-13(3)19)20-11-14-7-5-6-12(2)8-14/h5-10H,4,11,19H2,1-3H3,(H2,20,21,22,23,24). The van der Waals surface area contributed by atoms with E-state index in [0.29, 0.717) is 36.1 Å². The van der Waals surface area contributed by atoms with Gasteiger partial charge in [-0.05, 0) is 31.9 Å². The molecule has 0 fully saturated rings. The molecular formula is C18H23N5O. The molecule has 0 unspecified atom stereocenters. The number of benzene rings is 1. The molecule has 2 rings (SSSR count). The SMILES string of the molecule is CCc1cc(=O)[nH]c(NC(C=C(C)N)=NCc2cccc(C)c2)n1. The summed E-state index contributed by atoms with van der Waals surface area (Å²) in [5.41, 5.74) is 9.18. The molecule has 126 valence electrons. The zero-order chi connectivity index (χ0) is 17.5. The number of hydrogen-bond acceptors (Lipinski definition) is 4. The quantitative estimate of drug-likeness (QED) is 0.581. The van der Waals surface area contributed by atoms with Crippen molar-refractivity contribution in [3.63, 3.8) is 0 Å². The number of hydrogen-bond donors (Lipinski definition) is 3. The minimum atomic E-state index is -0.198. The minimum absolute atomic E-state index is 0.198. The lowest BCUT2D eigenvalue weighted by Gasteiger charge is -2.08. The number of nitrogens with one attached hydrogen (secondary N) is 2. The first-order valence-corrected chi connectivity index (χ1v) is 7.87. The Kier molecular flexibility index (Phi) is 5.89. The number of aliphatic imine (C=N–C) groups is 1. The average molecular weight is 325 g/mol. The topological polar surface area (TPSA) is 96.2 Å². The van der Waals surface area contributed by atoms with Gasteiger partial charge in [-0.25, -0.2) is 4.98 Å². The molecule has 0 saturated heterocycles. The Morgan fingerprint density at radius 1 is 1.42 bits per heavy atom. The van der Waals surface area contributed by atoms with Crippen molar-refractivity contribution in [2.24, 2.45) is 10.7 Å². The summed E-state index contributed by atoms with van der Waals surface area (Å²) >= 11 is 0. The summed E-state index contributed by atoms with van der Waals surface area (Å²) in [4.78, 5) is 23.2. The van der Waals surface area contributed by atoms with Crippen LogP contribution in [0.2, 0.25) is 0 Å². The van der Waals surface area contributed by atoms with Gasteiger partial charge in [0.15, 0.2) is 0 Å².